The standard InChI is InChI=1S/C20H25N7O2/c1-14-12-27(20-22-13-23-25-20)6-4-17(14)29-19-15-3-2-5-21-16(15)11-18(24-19)26-7-9-28-10-8-26/h2-3,5,11,13-14,17H,4,6-10,12H2,1H3,(H,22,23,25)/t14-,17+/m0/s1. The Labute approximate surface area is 169 Å². The van der Waals surface area contributed by atoms with Crippen LogP contribution in [0.3, 0.4) is 0 Å². The number of morpholine rings is 1. The van der Waals surface area contributed by atoms with Crippen molar-refractivity contribution in [1.82, 2.24) is 25.1 Å². The number of hydrogen-bond donors (Lipinski definition) is 1. The van der Waals surface area contributed by atoms with E-state index >= 15 is 0 Å². The number of nitrogens with one attached hydrogen (secondary N) is 1. The third-order valence-corrected chi connectivity index (χ3v) is 5.68. The number of ether oxygens (including phenoxy) is 2. The molecule has 2 aliphatic rings. The number of pyridine rings is 2. The van der Waals surface area contributed by atoms with Gasteiger partial charge in [0.2, 0.25) is 11.8 Å². The van der Waals surface area contributed by atoms with Gasteiger partial charge >= 0.3 is 0 Å². The van der Waals surface area contributed by atoms with Gasteiger partial charge in [-0.3, -0.25) is 4.98 Å². The van der Waals surface area contributed by atoms with Gasteiger partial charge in [-0.15, -0.1) is 0 Å². The molecular weight excluding hydrogens is 370 g/mol. The summed E-state index contributed by atoms with van der Waals surface area (Å²) in [5.74, 6) is 2.72. The number of fused-ring (bicyclic) bond motifs is 1. The van der Waals surface area contributed by atoms with Gasteiger partial charge in [0.25, 0.3) is 0 Å². The van der Waals surface area contributed by atoms with Gasteiger partial charge in [0.05, 0.1) is 24.1 Å². The molecule has 0 amide bonds. The van der Waals surface area contributed by atoms with E-state index < -0.39 is 0 Å². The molecule has 2 atom stereocenters. The first-order chi connectivity index (χ1) is 14.3. The maximum Gasteiger partial charge on any atom is 0.225 e. The van der Waals surface area contributed by atoms with E-state index in [-0.39, 0.29) is 6.10 Å². The minimum atomic E-state index is 0.0880. The highest BCUT2D eigenvalue weighted by Gasteiger charge is 2.30. The number of H-pyrrole nitrogens is 1. The molecule has 152 valence electrons. The molecule has 0 aliphatic carbocycles. The minimum Gasteiger partial charge on any atom is -0.473 e. The highest BCUT2D eigenvalue weighted by molar-refractivity contribution is 5.85. The summed E-state index contributed by atoms with van der Waals surface area (Å²) < 4.78 is 12.0. The van der Waals surface area contributed by atoms with E-state index in [0.29, 0.717) is 11.8 Å². The molecular formula is C20H25N7O2. The maximum atomic E-state index is 6.50. The van der Waals surface area contributed by atoms with Crippen LogP contribution in [0.25, 0.3) is 10.9 Å². The van der Waals surface area contributed by atoms with Gasteiger partial charge in [0, 0.05) is 50.8 Å². The van der Waals surface area contributed by atoms with E-state index in [2.05, 4.69) is 36.9 Å². The monoisotopic (exact) mass is 395 g/mol. The zero-order valence-corrected chi connectivity index (χ0v) is 16.5. The normalized spacial score (nSPS) is 22.8. The lowest BCUT2D eigenvalue weighted by molar-refractivity contribution is 0.116. The highest BCUT2D eigenvalue weighted by Crippen LogP contribution is 2.31. The quantitative estimate of drug-likeness (QED) is 0.716. The van der Waals surface area contributed by atoms with E-state index in [9.17, 15) is 0 Å². The number of aromatic nitrogens is 5. The van der Waals surface area contributed by atoms with E-state index in [1.54, 1.807) is 6.33 Å². The summed E-state index contributed by atoms with van der Waals surface area (Å²) in [6, 6.07) is 6.01. The fourth-order valence-corrected chi connectivity index (χ4v) is 4.06. The number of hydrogen-bond acceptors (Lipinski definition) is 8. The van der Waals surface area contributed by atoms with Crippen molar-refractivity contribution in [3.63, 3.8) is 0 Å². The second kappa shape index (κ2) is 7.82. The minimum absolute atomic E-state index is 0.0880. The van der Waals surface area contributed by atoms with Gasteiger partial charge in [0.1, 0.15) is 18.2 Å². The van der Waals surface area contributed by atoms with E-state index in [0.717, 1.165) is 68.5 Å². The Kier molecular flexibility index (Phi) is 4.89. The Bertz CT molecular complexity index is 959. The zero-order valence-electron chi connectivity index (χ0n) is 16.5. The molecule has 2 saturated heterocycles. The number of anilines is 2. The smallest absolute Gasteiger partial charge is 0.225 e. The summed E-state index contributed by atoms with van der Waals surface area (Å²) in [5.41, 5.74) is 0.908. The predicted molar refractivity (Wildman–Crippen MR) is 109 cm³/mol. The predicted octanol–water partition coefficient (Wildman–Crippen LogP) is 1.88. The lowest BCUT2D eigenvalue weighted by Crippen LogP contribution is -2.45. The topological polar surface area (TPSA) is 92.3 Å². The fraction of sp³-hybridized carbons (Fsp3) is 0.500. The molecule has 9 nitrogen and oxygen atoms in total. The van der Waals surface area contributed by atoms with Crippen molar-refractivity contribution in [3.8, 4) is 5.88 Å². The molecule has 0 unspecified atom stereocenters. The van der Waals surface area contributed by atoms with Crippen LogP contribution >= 0.6 is 0 Å². The van der Waals surface area contributed by atoms with Gasteiger partial charge in [-0.2, -0.15) is 15.1 Å². The first kappa shape index (κ1) is 18.1. The fourth-order valence-electron chi connectivity index (χ4n) is 4.06. The van der Waals surface area contributed by atoms with Crippen molar-refractivity contribution in [1.29, 1.82) is 0 Å². The molecule has 3 aromatic heterocycles. The van der Waals surface area contributed by atoms with Gasteiger partial charge in [-0.1, -0.05) is 6.92 Å². The Morgan fingerprint density at radius 1 is 1.17 bits per heavy atom. The van der Waals surface area contributed by atoms with Crippen molar-refractivity contribution in [2.45, 2.75) is 19.4 Å². The zero-order chi connectivity index (χ0) is 19.6. The van der Waals surface area contributed by atoms with Crippen molar-refractivity contribution >= 4 is 22.7 Å². The van der Waals surface area contributed by atoms with Crippen LogP contribution in [0, 0.1) is 5.92 Å². The first-order valence-electron chi connectivity index (χ1n) is 10.1. The van der Waals surface area contributed by atoms with Crippen LogP contribution < -0.4 is 14.5 Å². The van der Waals surface area contributed by atoms with Gasteiger partial charge in [0.15, 0.2) is 0 Å². The number of aromatic amines is 1. The van der Waals surface area contributed by atoms with Crippen LogP contribution in [0.4, 0.5) is 11.8 Å². The lowest BCUT2D eigenvalue weighted by Gasteiger charge is -2.36. The average molecular weight is 395 g/mol. The third-order valence-electron chi connectivity index (χ3n) is 5.68. The van der Waals surface area contributed by atoms with Gasteiger partial charge < -0.3 is 19.3 Å². The second-order valence-electron chi connectivity index (χ2n) is 7.63. The van der Waals surface area contributed by atoms with Crippen LogP contribution in [-0.4, -0.2) is 70.6 Å². The summed E-state index contributed by atoms with van der Waals surface area (Å²) in [5, 5.41) is 7.86. The SMILES string of the molecule is C[C@H]1CN(c2ncn[nH]2)CC[C@H]1Oc1nc(N2CCOCC2)cc2ncccc12. The van der Waals surface area contributed by atoms with E-state index in [4.69, 9.17) is 14.5 Å². The van der Waals surface area contributed by atoms with Crippen LogP contribution in [0.5, 0.6) is 5.88 Å². The van der Waals surface area contributed by atoms with Crippen LogP contribution in [0.1, 0.15) is 13.3 Å². The first-order valence-corrected chi connectivity index (χ1v) is 10.1. The molecule has 2 aliphatic heterocycles. The van der Waals surface area contributed by atoms with Crippen LogP contribution in [-0.2, 0) is 4.74 Å². The summed E-state index contributed by atoms with van der Waals surface area (Å²) >= 11 is 0. The number of piperidine rings is 1. The molecule has 0 bridgehead atoms. The summed E-state index contributed by atoms with van der Waals surface area (Å²) in [4.78, 5) is 18.2. The summed E-state index contributed by atoms with van der Waals surface area (Å²) in [7, 11) is 0. The molecule has 2 fully saturated rings. The molecule has 1 N–H and O–H groups in total. The molecule has 9 heteroatoms. The van der Waals surface area contributed by atoms with Crippen molar-refractivity contribution in [2.24, 2.45) is 5.92 Å². The molecule has 0 aromatic carbocycles. The molecule has 5 heterocycles. The van der Waals surface area contributed by atoms with E-state index in [1.807, 2.05) is 24.4 Å². The second-order valence-corrected chi connectivity index (χ2v) is 7.63. The lowest BCUT2D eigenvalue weighted by atomic mass is 9.96. The summed E-state index contributed by atoms with van der Waals surface area (Å²) in [6.45, 7) is 7.03. The molecule has 3 aromatic rings. The Morgan fingerprint density at radius 2 is 2.07 bits per heavy atom. The third kappa shape index (κ3) is 3.69. The summed E-state index contributed by atoms with van der Waals surface area (Å²) in [6.07, 6.45) is 4.34. The van der Waals surface area contributed by atoms with Crippen LogP contribution in [0.15, 0.2) is 30.7 Å². The molecule has 29 heavy (non-hydrogen) atoms. The molecule has 0 spiro atoms. The molecule has 0 saturated carbocycles. The Morgan fingerprint density at radius 3 is 2.86 bits per heavy atom. The number of nitrogens with zero attached hydrogens (tertiary/aromatic N) is 6. The Balaban J connectivity index is 1.39. The molecule has 0 radical (unpaired) electrons. The largest absolute Gasteiger partial charge is 0.473 e. The van der Waals surface area contributed by atoms with Crippen molar-refractivity contribution in [3.05, 3.63) is 30.7 Å². The number of rotatable bonds is 4. The Hall–Kier alpha value is -2.94. The van der Waals surface area contributed by atoms with Gasteiger partial charge in [-0.25, -0.2) is 5.10 Å². The highest BCUT2D eigenvalue weighted by atomic mass is 16.5. The van der Waals surface area contributed by atoms with E-state index in [1.165, 1.54) is 0 Å². The van der Waals surface area contributed by atoms with Gasteiger partial charge in [-0.05, 0) is 12.1 Å². The van der Waals surface area contributed by atoms with Crippen LogP contribution in [0.2, 0.25) is 0 Å². The maximum absolute atomic E-state index is 6.50. The average Bonchev–Trinajstić information content (AvgIpc) is 3.30. The molecule has 5 rings (SSSR count). The van der Waals surface area contributed by atoms with Crippen molar-refractivity contribution < 1.29 is 9.47 Å². The van der Waals surface area contributed by atoms with Crippen molar-refractivity contribution in [2.75, 3.05) is 49.2 Å².